The molecule has 0 fully saturated rings. The van der Waals surface area contributed by atoms with E-state index in [0.717, 1.165) is 30.8 Å². The highest BCUT2D eigenvalue weighted by Crippen LogP contribution is 2.21. The minimum Gasteiger partial charge on any atom is -0.496 e. The molecule has 4 heteroatoms. The van der Waals surface area contributed by atoms with Gasteiger partial charge in [0.2, 0.25) is 0 Å². The quantitative estimate of drug-likeness (QED) is 0.706. The van der Waals surface area contributed by atoms with Crippen LogP contribution >= 0.6 is 12.2 Å². The van der Waals surface area contributed by atoms with Gasteiger partial charge in [0.25, 0.3) is 0 Å². The Hall–Kier alpha value is -1.13. The normalized spacial score (nSPS) is 12.4. The lowest BCUT2D eigenvalue weighted by Crippen LogP contribution is -2.33. The van der Waals surface area contributed by atoms with Crippen molar-refractivity contribution in [3.63, 3.8) is 0 Å². The van der Waals surface area contributed by atoms with E-state index in [1.54, 1.807) is 7.11 Å². The number of benzene rings is 1. The Morgan fingerprint density at radius 1 is 1.38 bits per heavy atom. The van der Waals surface area contributed by atoms with Crippen LogP contribution in [0.1, 0.15) is 51.2 Å². The number of hydrogen-bond donors (Lipinski definition) is 1. The Kier molecular flexibility index (Phi) is 7.68. The third-order valence-corrected chi connectivity index (χ3v) is 4.15. The Morgan fingerprint density at radius 2 is 2.10 bits per heavy atom. The predicted molar refractivity (Wildman–Crippen MR) is 94.0 cm³/mol. The molecule has 1 unspecified atom stereocenters. The first kappa shape index (κ1) is 17.9. The van der Waals surface area contributed by atoms with Crippen LogP contribution in [0.5, 0.6) is 5.75 Å². The van der Waals surface area contributed by atoms with Crippen molar-refractivity contribution in [1.82, 2.24) is 4.90 Å². The first-order chi connectivity index (χ1) is 10.0. The van der Waals surface area contributed by atoms with Crippen molar-refractivity contribution in [1.29, 1.82) is 0 Å². The fourth-order valence-electron chi connectivity index (χ4n) is 2.36. The zero-order valence-electron chi connectivity index (χ0n) is 13.7. The molecule has 1 atom stereocenters. The zero-order chi connectivity index (χ0) is 15.8. The molecule has 0 saturated carbocycles. The number of ether oxygens (including phenoxy) is 1. The topological polar surface area (TPSA) is 38.5 Å². The highest BCUT2D eigenvalue weighted by atomic mass is 32.1. The van der Waals surface area contributed by atoms with Gasteiger partial charge in [0.15, 0.2) is 0 Å². The maximum absolute atomic E-state index is 5.79. The minimum atomic E-state index is 0.386. The zero-order valence-corrected chi connectivity index (χ0v) is 14.5. The van der Waals surface area contributed by atoms with Crippen LogP contribution in [0, 0.1) is 0 Å². The van der Waals surface area contributed by atoms with E-state index in [9.17, 15) is 0 Å². The molecule has 1 rings (SSSR count). The monoisotopic (exact) mass is 308 g/mol. The van der Waals surface area contributed by atoms with Gasteiger partial charge in [-0.2, -0.15) is 0 Å². The van der Waals surface area contributed by atoms with Gasteiger partial charge in [-0.25, -0.2) is 0 Å². The van der Waals surface area contributed by atoms with Gasteiger partial charge in [0.1, 0.15) is 10.7 Å². The van der Waals surface area contributed by atoms with E-state index < -0.39 is 0 Å². The summed E-state index contributed by atoms with van der Waals surface area (Å²) < 4.78 is 5.32. The second-order valence-electron chi connectivity index (χ2n) is 5.48. The Labute approximate surface area is 134 Å². The summed E-state index contributed by atoms with van der Waals surface area (Å²) in [5.74, 6) is 0.745. The van der Waals surface area contributed by atoms with Crippen LogP contribution in [-0.2, 0) is 6.54 Å². The van der Waals surface area contributed by atoms with Crippen molar-refractivity contribution in [3.8, 4) is 5.75 Å². The van der Waals surface area contributed by atoms with Gasteiger partial charge in [-0.15, -0.1) is 0 Å². The summed E-state index contributed by atoms with van der Waals surface area (Å²) in [7, 11) is 1.64. The lowest BCUT2D eigenvalue weighted by atomic mass is 10.1. The van der Waals surface area contributed by atoms with Crippen LogP contribution in [-0.4, -0.2) is 29.6 Å². The number of methoxy groups -OCH3 is 1. The average molecular weight is 308 g/mol. The summed E-state index contributed by atoms with van der Waals surface area (Å²) in [6.45, 7) is 8.80. The molecule has 0 saturated heterocycles. The molecule has 0 radical (unpaired) electrons. The van der Waals surface area contributed by atoms with Crippen LogP contribution in [0.4, 0.5) is 0 Å². The van der Waals surface area contributed by atoms with Gasteiger partial charge >= 0.3 is 0 Å². The summed E-state index contributed by atoms with van der Waals surface area (Å²) in [6.07, 6.45) is 3.60. The molecule has 118 valence electrons. The molecule has 0 aliphatic rings. The number of thiocarbonyl (C=S) groups is 1. The summed E-state index contributed by atoms with van der Waals surface area (Å²) in [6, 6.07) is 6.69. The maximum atomic E-state index is 5.79. The summed E-state index contributed by atoms with van der Waals surface area (Å²) in [4.78, 5) is 2.91. The maximum Gasteiger partial charge on any atom is 0.129 e. The molecular weight excluding hydrogens is 280 g/mol. The van der Waals surface area contributed by atoms with Gasteiger partial charge in [-0.1, -0.05) is 38.6 Å². The van der Waals surface area contributed by atoms with E-state index >= 15 is 0 Å². The molecule has 0 bridgehead atoms. The van der Waals surface area contributed by atoms with Crippen molar-refractivity contribution in [2.45, 2.75) is 52.6 Å². The third-order valence-electron chi connectivity index (χ3n) is 3.93. The van der Waals surface area contributed by atoms with Crippen molar-refractivity contribution < 1.29 is 4.74 Å². The van der Waals surface area contributed by atoms with Gasteiger partial charge in [0.05, 0.1) is 12.7 Å². The SMILES string of the molecule is CCCCN(Cc1ccc(OC)c(C(N)=S)c1)C(C)CC. The highest BCUT2D eigenvalue weighted by Gasteiger charge is 2.14. The van der Waals surface area contributed by atoms with Crippen LogP contribution in [0.2, 0.25) is 0 Å². The fraction of sp³-hybridized carbons (Fsp3) is 0.588. The van der Waals surface area contributed by atoms with Crippen LogP contribution in [0.3, 0.4) is 0 Å². The molecule has 2 N–H and O–H groups in total. The second-order valence-corrected chi connectivity index (χ2v) is 5.92. The van der Waals surface area contributed by atoms with E-state index in [1.807, 2.05) is 6.07 Å². The molecule has 1 aromatic carbocycles. The smallest absolute Gasteiger partial charge is 0.129 e. The number of hydrogen-bond acceptors (Lipinski definition) is 3. The molecule has 0 heterocycles. The molecule has 1 aromatic rings. The van der Waals surface area contributed by atoms with Gasteiger partial charge in [0, 0.05) is 12.6 Å². The number of nitrogens with zero attached hydrogens (tertiary/aromatic N) is 1. The van der Waals surface area contributed by atoms with Crippen molar-refractivity contribution in [2.24, 2.45) is 5.73 Å². The second kappa shape index (κ2) is 9.00. The average Bonchev–Trinajstić information content (AvgIpc) is 2.50. The Bertz CT molecular complexity index is 462. The van der Waals surface area contributed by atoms with Crippen molar-refractivity contribution in [2.75, 3.05) is 13.7 Å². The largest absolute Gasteiger partial charge is 0.496 e. The lowest BCUT2D eigenvalue weighted by Gasteiger charge is -2.28. The predicted octanol–water partition coefficient (Wildman–Crippen LogP) is 3.73. The molecule has 0 aromatic heterocycles. The van der Waals surface area contributed by atoms with Crippen LogP contribution in [0.25, 0.3) is 0 Å². The van der Waals surface area contributed by atoms with E-state index in [2.05, 4.69) is 37.8 Å². The molecule has 3 nitrogen and oxygen atoms in total. The number of unbranched alkanes of at least 4 members (excludes halogenated alkanes) is 1. The third kappa shape index (κ3) is 5.29. The van der Waals surface area contributed by atoms with E-state index in [-0.39, 0.29) is 0 Å². The lowest BCUT2D eigenvalue weighted by molar-refractivity contribution is 0.192. The van der Waals surface area contributed by atoms with Crippen molar-refractivity contribution in [3.05, 3.63) is 29.3 Å². The Morgan fingerprint density at radius 3 is 2.62 bits per heavy atom. The van der Waals surface area contributed by atoms with Gasteiger partial charge in [-0.3, -0.25) is 4.90 Å². The summed E-state index contributed by atoms with van der Waals surface area (Å²) >= 11 is 5.12. The minimum absolute atomic E-state index is 0.386. The van der Waals surface area contributed by atoms with Gasteiger partial charge < -0.3 is 10.5 Å². The fourth-order valence-corrected chi connectivity index (χ4v) is 2.51. The van der Waals surface area contributed by atoms with Crippen molar-refractivity contribution >= 4 is 17.2 Å². The molecule has 0 spiro atoms. The van der Waals surface area contributed by atoms with Crippen LogP contribution < -0.4 is 10.5 Å². The number of nitrogens with two attached hydrogens (primary N) is 1. The standard InChI is InChI=1S/C17H28N2OS/c1-5-7-10-19(13(3)6-2)12-14-8-9-16(20-4)15(11-14)17(18)21/h8-9,11,13H,5-7,10,12H2,1-4H3,(H2,18,21). The molecule has 0 aliphatic carbocycles. The number of rotatable bonds is 9. The molecule has 0 aliphatic heterocycles. The summed E-state index contributed by atoms with van der Waals surface area (Å²) in [5, 5.41) is 0. The van der Waals surface area contributed by atoms with E-state index in [0.29, 0.717) is 11.0 Å². The molecular formula is C17H28N2OS. The summed E-state index contributed by atoms with van der Waals surface area (Å²) in [5.41, 5.74) is 7.85. The van der Waals surface area contributed by atoms with E-state index in [4.69, 9.17) is 22.7 Å². The van der Waals surface area contributed by atoms with Gasteiger partial charge in [-0.05, 0) is 44.0 Å². The first-order valence-electron chi connectivity index (χ1n) is 7.74. The Balaban J connectivity index is 2.92. The molecule has 21 heavy (non-hydrogen) atoms. The van der Waals surface area contributed by atoms with Crippen LogP contribution in [0.15, 0.2) is 18.2 Å². The molecule has 0 amide bonds. The highest BCUT2D eigenvalue weighted by molar-refractivity contribution is 7.80. The first-order valence-corrected chi connectivity index (χ1v) is 8.15. The van der Waals surface area contributed by atoms with E-state index in [1.165, 1.54) is 18.4 Å².